The van der Waals surface area contributed by atoms with E-state index in [1.165, 1.54) is 12.1 Å². The molecule has 1 saturated heterocycles. The van der Waals surface area contributed by atoms with Crippen molar-refractivity contribution in [1.29, 1.82) is 0 Å². The van der Waals surface area contributed by atoms with Crippen molar-refractivity contribution in [2.75, 3.05) is 52.1 Å². The van der Waals surface area contributed by atoms with Crippen molar-refractivity contribution in [1.82, 2.24) is 9.80 Å². The molecule has 1 aromatic rings. The zero-order chi connectivity index (χ0) is 13.8. The lowest BCUT2D eigenvalue weighted by Crippen LogP contribution is -2.45. The van der Waals surface area contributed by atoms with Gasteiger partial charge in [-0.3, -0.25) is 4.90 Å². The predicted molar refractivity (Wildman–Crippen MR) is 77.9 cm³/mol. The first-order chi connectivity index (χ1) is 9.06. The van der Waals surface area contributed by atoms with Gasteiger partial charge < -0.3 is 15.4 Å². The van der Waals surface area contributed by atoms with Gasteiger partial charge in [0.05, 0.1) is 10.2 Å². The zero-order valence-corrected chi connectivity index (χ0v) is 12.6. The van der Waals surface area contributed by atoms with Crippen molar-refractivity contribution in [2.24, 2.45) is 0 Å². The molecule has 1 aliphatic rings. The van der Waals surface area contributed by atoms with E-state index in [1.54, 1.807) is 0 Å². The van der Waals surface area contributed by atoms with E-state index in [0.717, 1.165) is 32.7 Å². The summed E-state index contributed by atoms with van der Waals surface area (Å²) in [5.41, 5.74) is 6.07. The number of piperazine rings is 1. The monoisotopic (exact) mass is 331 g/mol. The van der Waals surface area contributed by atoms with Crippen molar-refractivity contribution in [2.45, 2.75) is 0 Å². The number of rotatable bonds is 4. The summed E-state index contributed by atoms with van der Waals surface area (Å²) in [6.07, 6.45) is 0. The summed E-state index contributed by atoms with van der Waals surface area (Å²) >= 11 is 3.27. The molecule has 0 aromatic heterocycles. The number of halogens is 2. The van der Waals surface area contributed by atoms with Crippen LogP contribution in [0.1, 0.15) is 0 Å². The Morgan fingerprint density at radius 3 is 2.63 bits per heavy atom. The molecule has 1 fully saturated rings. The van der Waals surface area contributed by atoms with E-state index in [9.17, 15) is 4.39 Å². The van der Waals surface area contributed by atoms with Crippen LogP contribution in [0.2, 0.25) is 0 Å². The molecule has 0 aliphatic carbocycles. The second kappa shape index (κ2) is 6.54. The van der Waals surface area contributed by atoms with Crippen LogP contribution >= 0.6 is 15.9 Å². The summed E-state index contributed by atoms with van der Waals surface area (Å²) in [5, 5.41) is 0. The van der Waals surface area contributed by atoms with Gasteiger partial charge in [-0.15, -0.1) is 0 Å². The second-order valence-corrected chi connectivity index (χ2v) is 5.65. The number of likely N-dealkylation sites (N-methyl/N-ethyl adjacent to an activating group) is 1. The highest BCUT2D eigenvalue weighted by Gasteiger charge is 2.14. The largest absolute Gasteiger partial charge is 0.489 e. The van der Waals surface area contributed by atoms with E-state index in [4.69, 9.17) is 10.5 Å². The first-order valence-corrected chi connectivity index (χ1v) is 7.14. The van der Waals surface area contributed by atoms with Gasteiger partial charge in [0.1, 0.15) is 12.4 Å². The number of hydrogen-bond acceptors (Lipinski definition) is 4. The van der Waals surface area contributed by atoms with Crippen molar-refractivity contribution < 1.29 is 9.13 Å². The molecule has 2 N–H and O–H groups in total. The van der Waals surface area contributed by atoms with Gasteiger partial charge in [-0.2, -0.15) is 0 Å². The third-order valence-electron chi connectivity index (χ3n) is 3.29. The van der Waals surface area contributed by atoms with Gasteiger partial charge >= 0.3 is 0 Å². The van der Waals surface area contributed by atoms with Gasteiger partial charge in [0.15, 0.2) is 5.75 Å². The first-order valence-electron chi connectivity index (χ1n) is 6.34. The van der Waals surface area contributed by atoms with Crippen LogP contribution in [0.4, 0.5) is 10.1 Å². The molecule has 1 aromatic carbocycles. The maximum atomic E-state index is 13.1. The molecule has 1 heterocycles. The Hall–Kier alpha value is -0.850. The molecule has 6 heteroatoms. The minimum absolute atomic E-state index is 0.324. The van der Waals surface area contributed by atoms with Crippen LogP contribution in [-0.4, -0.2) is 56.2 Å². The average molecular weight is 332 g/mol. The summed E-state index contributed by atoms with van der Waals surface area (Å²) in [6.45, 7) is 5.69. The van der Waals surface area contributed by atoms with E-state index in [1.807, 2.05) is 0 Å². The Balaban J connectivity index is 1.83. The minimum atomic E-state index is -0.365. The smallest absolute Gasteiger partial charge is 0.156 e. The van der Waals surface area contributed by atoms with Gasteiger partial charge in [-0.05, 0) is 29.0 Å². The lowest BCUT2D eigenvalue weighted by Gasteiger charge is -2.32. The minimum Gasteiger partial charge on any atom is -0.489 e. The van der Waals surface area contributed by atoms with Crippen molar-refractivity contribution in [3.63, 3.8) is 0 Å². The third kappa shape index (κ3) is 4.06. The van der Waals surface area contributed by atoms with E-state index < -0.39 is 0 Å². The Labute approximate surface area is 121 Å². The fourth-order valence-electron chi connectivity index (χ4n) is 2.08. The number of nitrogens with zero attached hydrogens (tertiary/aromatic N) is 2. The van der Waals surface area contributed by atoms with Crippen molar-refractivity contribution in [3.8, 4) is 5.75 Å². The highest BCUT2D eigenvalue weighted by atomic mass is 79.9. The zero-order valence-electron chi connectivity index (χ0n) is 11.0. The standard InChI is InChI=1S/C13H19BrFN3O/c1-17-2-4-18(5-3-17)6-7-19-13-11(14)8-10(15)9-12(13)16/h8-9H,2-7,16H2,1H3. The van der Waals surface area contributed by atoms with Gasteiger partial charge in [-0.1, -0.05) is 0 Å². The number of ether oxygens (including phenoxy) is 1. The molecule has 2 rings (SSSR count). The molecule has 1 aliphatic heterocycles. The van der Waals surface area contributed by atoms with Crippen molar-refractivity contribution >= 4 is 21.6 Å². The Kier molecular flexibility index (Phi) is 5.01. The number of hydrogen-bond donors (Lipinski definition) is 1. The maximum Gasteiger partial charge on any atom is 0.156 e. The quantitative estimate of drug-likeness (QED) is 0.854. The lowest BCUT2D eigenvalue weighted by atomic mass is 10.3. The van der Waals surface area contributed by atoms with Crippen molar-refractivity contribution in [3.05, 3.63) is 22.4 Å². The van der Waals surface area contributed by atoms with Crippen LogP contribution in [0.15, 0.2) is 16.6 Å². The fraction of sp³-hybridized carbons (Fsp3) is 0.538. The molecule has 106 valence electrons. The highest BCUT2D eigenvalue weighted by molar-refractivity contribution is 9.10. The van der Waals surface area contributed by atoms with Gasteiger partial charge in [0.2, 0.25) is 0 Å². The summed E-state index contributed by atoms with van der Waals surface area (Å²) in [7, 11) is 2.13. The summed E-state index contributed by atoms with van der Waals surface area (Å²) in [6, 6.07) is 2.64. The molecule has 0 amide bonds. The number of benzene rings is 1. The van der Waals surface area contributed by atoms with Gasteiger partial charge in [0, 0.05) is 38.8 Å². The molecule has 0 bridgehead atoms. The van der Waals surface area contributed by atoms with Crippen LogP contribution in [0.3, 0.4) is 0 Å². The normalized spacial score (nSPS) is 17.6. The van der Waals surface area contributed by atoms with E-state index in [0.29, 0.717) is 22.5 Å². The highest BCUT2D eigenvalue weighted by Crippen LogP contribution is 2.32. The molecule has 19 heavy (non-hydrogen) atoms. The topological polar surface area (TPSA) is 41.7 Å². The molecule has 0 radical (unpaired) electrons. The molecular formula is C13H19BrFN3O. The van der Waals surface area contributed by atoms with E-state index in [2.05, 4.69) is 32.8 Å². The number of anilines is 1. The lowest BCUT2D eigenvalue weighted by molar-refractivity contribution is 0.133. The van der Waals surface area contributed by atoms with Crippen LogP contribution in [0.25, 0.3) is 0 Å². The second-order valence-electron chi connectivity index (χ2n) is 4.80. The predicted octanol–water partition coefficient (Wildman–Crippen LogP) is 1.80. The van der Waals surface area contributed by atoms with E-state index in [-0.39, 0.29) is 5.82 Å². The van der Waals surface area contributed by atoms with Gasteiger partial charge in [-0.25, -0.2) is 4.39 Å². The molecule has 0 saturated carbocycles. The molecule has 0 spiro atoms. The van der Waals surface area contributed by atoms with Crippen LogP contribution in [0.5, 0.6) is 5.75 Å². The SMILES string of the molecule is CN1CCN(CCOc2c(N)cc(F)cc2Br)CC1. The molecule has 0 atom stereocenters. The molecule has 4 nitrogen and oxygen atoms in total. The average Bonchev–Trinajstić information content (AvgIpc) is 2.34. The Bertz CT molecular complexity index is 413. The summed E-state index contributed by atoms with van der Waals surface area (Å²) < 4.78 is 19.3. The Morgan fingerprint density at radius 2 is 2.00 bits per heavy atom. The Morgan fingerprint density at radius 1 is 1.32 bits per heavy atom. The third-order valence-corrected chi connectivity index (χ3v) is 3.88. The fourth-order valence-corrected chi connectivity index (χ4v) is 2.64. The van der Waals surface area contributed by atoms with Gasteiger partial charge in [0.25, 0.3) is 0 Å². The molecule has 0 unspecified atom stereocenters. The van der Waals surface area contributed by atoms with E-state index >= 15 is 0 Å². The number of nitrogens with two attached hydrogens (primary N) is 1. The molecular weight excluding hydrogens is 313 g/mol. The first kappa shape index (κ1) is 14.6. The maximum absolute atomic E-state index is 13.1. The summed E-state index contributed by atoms with van der Waals surface area (Å²) in [4.78, 5) is 4.67. The van der Waals surface area contributed by atoms with Crippen LogP contribution < -0.4 is 10.5 Å². The summed E-state index contributed by atoms with van der Waals surface area (Å²) in [5.74, 6) is 0.159. The van der Waals surface area contributed by atoms with Crippen LogP contribution in [-0.2, 0) is 0 Å². The number of nitrogen functional groups attached to an aromatic ring is 1. The van der Waals surface area contributed by atoms with Crippen LogP contribution in [0, 0.1) is 5.82 Å².